The van der Waals surface area contributed by atoms with E-state index < -0.39 is 0 Å². The van der Waals surface area contributed by atoms with Crippen LogP contribution in [0.25, 0.3) is 10.2 Å². The van der Waals surface area contributed by atoms with Gasteiger partial charge in [0.2, 0.25) is 0 Å². The van der Waals surface area contributed by atoms with E-state index in [2.05, 4.69) is 23.4 Å². The van der Waals surface area contributed by atoms with Crippen molar-refractivity contribution in [1.29, 1.82) is 0 Å². The highest BCUT2D eigenvalue weighted by Crippen LogP contribution is 2.35. The Kier molecular flexibility index (Phi) is 3.13. The largest absolute Gasteiger partial charge is 0.330 e. The van der Waals surface area contributed by atoms with Crippen molar-refractivity contribution < 1.29 is 0 Å². The van der Waals surface area contributed by atoms with E-state index in [0.29, 0.717) is 11.8 Å². The van der Waals surface area contributed by atoms with Gasteiger partial charge in [0, 0.05) is 29.8 Å². The Morgan fingerprint density at radius 1 is 1.56 bits per heavy atom. The second kappa shape index (κ2) is 4.64. The molecule has 5 heteroatoms. The lowest BCUT2D eigenvalue weighted by atomic mass is 9.89. The van der Waals surface area contributed by atoms with E-state index in [9.17, 15) is 0 Å². The van der Waals surface area contributed by atoms with E-state index in [-0.39, 0.29) is 0 Å². The fourth-order valence-electron chi connectivity index (χ4n) is 2.85. The fourth-order valence-corrected chi connectivity index (χ4v) is 4.09. The smallest absolute Gasteiger partial charge is 0.121 e. The first-order valence-electron chi connectivity index (χ1n) is 6.53. The van der Waals surface area contributed by atoms with E-state index in [1.165, 1.54) is 21.5 Å². The molecule has 3 heterocycles. The van der Waals surface area contributed by atoms with Gasteiger partial charge >= 0.3 is 0 Å². The summed E-state index contributed by atoms with van der Waals surface area (Å²) in [6.45, 7) is 5.02. The van der Waals surface area contributed by atoms with E-state index in [1.54, 1.807) is 0 Å². The minimum Gasteiger partial charge on any atom is -0.330 e. The highest BCUT2D eigenvalue weighted by atomic mass is 32.1. The highest BCUT2D eigenvalue weighted by Gasteiger charge is 2.24. The molecule has 18 heavy (non-hydrogen) atoms. The maximum absolute atomic E-state index is 5.80. The number of aryl methyl sites for hydroxylation is 2. The van der Waals surface area contributed by atoms with Gasteiger partial charge in [-0.25, -0.2) is 0 Å². The summed E-state index contributed by atoms with van der Waals surface area (Å²) < 4.78 is 2.00. The molecule has 3 rings (SSSR count). The van der Waals surface area contributed by atoms with Crippen LogP contribution in [0.1, 0.15) is 22.9 Å². The van der Waals surface area contributed by atoms with E-state index in [1.807, 2.05) is 23.1 Å². The number of fused-ring (bicyclic) bond motifs is 1. The van der Waals surface area contributed by atoms with Gasteiger partial charge in [0.05, 0.1) is 5.69 Å². The predicted octanol–water partition coefficient (Wildman–Crippen LogP) is 1.60. The number of aromatic nitrogens is 2. The maximum atomic E-state index is 5.80. The van der Waals surface area contributed by atoms with Crippen molar-refractivity contribution in [1.82, 2.24) is 15.1 Å². The Hall–Kier alpha value is -0.910. The van der Waals surface area contributed by atoms with Crippen molar-refractivity contribution in [3.63, 3.8) is 0 Å². The number of rotatable bonds is 2. The lowest BCUT2D eigenvalue weighted by Crippen LogP contribution is -2.38. The maximum Gasteiger partial charge on any atom is 0.121 e. The Morgan fingerprint density at radius 3 is 3.11 bits per heavy atom. The molecular formula is C13H20N4S. The summed E-state index contributed by atoms with van der Waals surface area (Å²) in [5.41, 5.74) is 6.93. The Morgan fingerprint density at radius 2 is 2.39 bits per heavy atom. The third kappa shape index (κ3) is 1.96. The molecule has 1 aliphatic heterocycles. The number of hydrogen-bond acceptors (Lipinski definition) is 4. The number of nitrogens with one attached hydrogen (secondary N) is 1. The SMILES string of the molecule is Cc1nn(C)c2sc(C3CNCC(CN)C3)cc12. The summed E-state index contributed by atoms with van der Waals surface area (Å²) >= 11 is 1.88. The molecule has 98 valence electrons. The zero-order chi connectivity index (χ0) is 12.7. The molecular weight excluding hydrogens is 244 g/mol. The second-order valence-electron chi connectivity index (χ2n) is 5.27. The van der Waals surface area contributed by atoms with Crippen molar-refractivity contribution in [3.05, 3.63) is 16.6 Å². The zero-order valence-electron chi connectivity index (χ0n) is 10.9. The third-order valence-corrected chi connectivity index (χ3v) is 5.26. The lowest BCUT2D eigenvalue weighted by molar-refractivity contribution is 0.351. The highest BCUT2D eigenvalue weighted by molar-refractivity contribution is 7.18. The van der Waals surface area contributed by atoms with Gasteiger partial charge in [0.1, 0.15) is 4.83 Å². The first-order valence-corrected chi connectivity index (χ1v) is 7.34. The predicted molar refractivity (Wildman–Crippen MR) is 76.1 cm³/mol. The average molecular weight is 264 g/mol. The molecule has 2 aromatic rings. The van der Waals surface area contributed by atoms with Crippen LogP contribution in [0.15, 0.2) is 6.07 Å². The molecule has 0 aromatic carbocycles. The number of nitrogens with zero attached hydrogens (tertiary/aromatic N) is 2. The van der Waals surface area contributed by atoms with Crippen LogP contribution in [0, 0.1) is 12.8 Å². The average Bonchev–Trinajstić information content (AvgIpc) is 2.93. The molecule has 0 saturated carbocycles. The van der Waals surface area contributed by atoms with Gasteiger partial charge in [-0.15, -0.1) is 11.3 Å². The molecule has 2 unspecified atom stereocenters. The van der Waals surface area contributed by atoms with E-state index in [4.69, 9.17) is 5.73 Å². The van der Waals surface area contributed by atoms with Crippen molar-refractivity contribution in [2.24, 2.45) is 18.7 Å². The van der Waals surface area contributed by atoms with Crippen LogP contribution in [0.2, 0.25) is 0 Å². The lowest BCUT2D eigenvalue weighted by Gasteiger charge is -2.28. The number of piperidine rings is 1. The van der Waals surface area contributed by atoms with Crippen LogP contribution < -0.4 is 11.1 Å². The minimum atomic E-state index is 0.615. The molecule has 4 nitrogen and oxygen atoms in total. The minimum absolute atomic E-state index is 0.615. The summed E-state index contributed by atoms with van der Waals surface area (Å²) in [6, 6.07) is 2.33. The monoisotopic (exact) mass is 264 g/mol. The van der Waals surface area contributed by atoms with Crippen LogP contribution >= 0.6 is 11.3 Å². The van der Waals surface area contributed by atoms with Crippen LogP contribution in [0.5, 0.6) is 0 Å². The molecule has 0 spiro atoms. The summed E-state index contributed by atoms with van der Waals surface area (Å²) in [6.07, 6.45) is 1.21. The molecule has 0 bridgehead atoms. The Balaban J connectivity index is 1.92. The van der Waals surface area contributed by atoms with Crippen LogP contribution in [0.4, 0.5) is 0 Å². The Labute approximate surface area is 111 Å². The number of nitrogens with two attached hydrogens (primary N) is 1. The Bertz CT molecular complexity index is 522. The third-order valence-electron chi connectivity index (χ3n) is 3.89. The number of hydrogen-bond donors (Lipinski definition) is 2. The zero-order valence-corrected chi connectivity index (χ0v) is 11.8. The topological polar surface area (TPSA) is 55.9 Å². The number of thiophene rings is 1. The summed E-state index contributed by atoms with van der Waals surface area (Å²) in [4.78, 5) is 2.77. The molecule has 0 radical (unpaired) electrons. The second-order valence-corrected chi connectivity index (χ2v) is 6.33. The molecule has 0 aliphatic carbocycles. The molecule has 2 aromatic heterocycles. The standard InChI is InChI=1S/C13H20N4S/c1-8-11-4-12(18-13(11)17(2)16-8)10-3-9(5-14)6-15-7-10/h4,9-10,15H,3,5-7,14H2,1-2H3. The summed E-state index contributed by atoms with van der Waals surface area (Å²) in [5.74, 6) is 1.23. The molecule has 2 atom stereocenters. The quantitative estimate of drug-likeness (QED) is 0.866. The van der Waals surface area contributed by atoms with Gasteiger partial charge < -0.3 is 11.1 Å². The van der Waals surface area contributed by atoms with Gasteiger partial charge in [0.25, 0.3) is 0 Å². The van der Waals surface area contributed by atoms with Crippen molar-refractivity contribution >= 4 is 21.6 Å². The molecule has 1 aliphatic rings. The van der Waals surface area contributed by atoms with Crippen molar-refractivity contribution in [2.45, 2.75) is 19.3 Å². The van der Waals surface area contributed by atoms with Gasteiger partial charge in [-0.3, -0.25) is 4.68 Å². The van der Waals surface area contributed by atoms with Crippen molar-refractivity contribution in [2.75, 3.05) is 19.6 Å². The fraction of sp³-hybridized carbons (Fsp3) is 0.615. The van der Waals surface area contributed by atoms with Gasteiger partial charge in [0.15, 0.2) is 0 Å². The van der Waals surface area contributed by atoms with Crippen LogP contribution in [-0.2, 0) is 7.05 Å². The molecule has 3 N–H and O–H groups in total. The first kappa shape index (κ1) is 12.1. The molecule has 1 saturated heterocycles. The van der Waals surface area contributed by atoms with Gasteiger partial charge in [-0.2, -0.15) is 5.10 Å². The molecule has 0 amide bonds. The van der Waals surface area contributed by atoms with Crippen LogP contribution in [0.3, 0.4) is 0 Å². The van der Waals surface area contributed by atoms with Gasteiger partial charge in [-0.05, 0) is 38.4 Å². The summed E-state index contributed by atoms with van der Waals surface area (Å²) in [7, 11) is 2.03. The normalized spacial score (nSPS) is 24.8. The first-order chi connectivity index (χ1) is 8.69. The van der Waals surface area contributed by atoms with Crippen LogP contribution in [-0.4, -0.2) is 29.4 Å². The van der Waals surface area contributed by atoms with E-state index >= 15 is 0 Å². The van der Waals surface area contributed by atoms with Gasteiger partial charge in [-0.1, -0.05) is 0 Å². The van der Waals surface area contributed by atoms with Crippen molar-refractivity contribution in [3.8, 4) is 0 Å². The van der Waals surface area contributed by atoms with E-state index in [0.717, 1.165) is 25.3 Å². The summed E-state index contributed by atoms with van der Waals surface area (Å²) in [5, 5.41) is 9.28. The molecule has 1 fully saturated rings.